The number of carbonyl (C=O) groups excluding carboxylic acids is 1. The highest BCUT2D eigenvalue weighted by molar-refractivity contribution is 5.75. The zero-order valence-electron chi connectivity index (χ0n) is 14.1. The van der Waals surface area contributed by atoms with Crippen molar-refractivity contribution in [1.29, 1.82) is 0 Å². The van der Waals surface area contributed by atoms with E-state index in [9.17, 15) is 4.79 Å². The smallest absolute Gasteiger partial charge is 0.318 e. The summed E-state index contributed by atoms with van der Waals surface area (Å²) in [6, 6.07) is 6.69. The van der Waals surface area contributed by atoms with Crippen molar-refractivity contribution >= 4 is 6.03 Å². The molecule has 1 saturated carbocycles. The molecule has 3 aliphatic rings. The second kappa shape index (κ2) is 6.91. The third-order valence-electron chi connectivity index (χ3n) is 5.40. The Hall–Kier alpha value is -1.91. The molecule has 1 unspecified atom stereocenters. The number of urea groups is 1. The Morgan fingerprint density at radius 2 is 1.79 bits per heavy atom. The van der Waals surface area contributed by atoms with E-state index in [0.717, 1.165) is 49.3 Å². The summed E-state index contributed by atoms with van der Waals surface area (Å²) < 4.78 is 11.3. The van der Waals surface area contributed by atoms with Crippen molar-refractivity contribution in [2.75, 3.05) is 19.8 Å². The summed E-state index contributed by atoms with van der Waals surface area (Å²) in [7, 11) is 0. The van der Waals surface area contributed by atoms with Crippen molar-refractivity contribution in [3.05, 3.63) is 23.8 Å². The molecule has 24 heavy (non-hydrogen) atoms. The maximum atomic E-state index is 12.7. The fourth-order valence-electron chi connectivity index (χ4n) is 4.13. The van der Waals surface area contributed by atoms with Crippen molar-refractivity contribution in [3.63, 3.8) is 0 Å². The van der Waals surface area contributed by atoms with Crippen molar-refractivity contribution < 1.29 is 14.3 Å². The first-order valence-corrected chi connectivity index (χ1v) is 9.28. The normalized spacial score (nSPS) is 24.0. The first-order valence-electron chi connectivity index (χ1n) is 9.28. The van der Waals surface area contributed by atoms with Gasteiger partial charge in [0.05, 0.1) is 6.04 Å². The fourth-order valence-corrected chi connectivity index (χ4v) is 4.13. The van der Waals surface area contributed by atoms with Crippen LogP contribution in [-0.2, 0) is 0 Å². The molecule has 1 aliphatic carbocycles. The average molecular weight is 330 g/mol. The molecule has 4 rings (SSSR count). The zero-order chi connectivity index (χ0) is 16.4. The van der Waals surface area contributed by atoms with E-state index in [4.69, 9.17) is 9.47 Å². The van der Waals surface area contributed by atoms with Gasteiger partial charge in [0, 0.05) is 12.6 Å². The molecule has 5 nitrogen and oxygen atoms in total. The van der Waals surface area contributed by atoms with Crippen LogP contribution >= 0.6 is 0 Å². The summed E-state index contributed by atoms with van der Waals surface area (Å²) in [5.74, 6) is 1.61. The molecule has 0 spiro atoms. The van der Waals surface area contributed by atoms with Gasteiger partial charge < -0.3 is 19.7 Å². The number of likely N-dealkylation sites (tertiary alicyclic amines) is 1. The van der Waals surface area contributed by atoms with Crippen LogP contribution in [0.1, 0.15) is 56.6 Å². The molecule has 130 valence electrons. The number of hydrogen-bond donors (Lipinski definition) is 1. The van der Waals surface area contributed by atoms with Crippen LogP contribution in [0, 0.1) is 0 Å². The number of nitrogens with zero attached hydrogens (tertiary/aromatic N) is 1. The molecule has 1 aromatic rings. The minimum absolute atomic E-state index is 0.0966. The van der Waals surface area contributed by atoms with Crippen LogP contribution in [0.2, 0.25) is 0 Å². The molecule has 1 aromatic carbocycles. The molecule has 1 saturated heterocycles. The predicted molar refractivity (Wildman–Crippen MR) is 91.5 cm³/mol. The maximum absolute atomic E-state index is 12.7. The van der Waals surface area contributed by atoms with E-state index in [-0.39, 0.29) is 12.1 Å². The Bertz CT molecular complexity index is 598. The molecule has 2 heterocycles. The van der Waals surface area contributed by atoms with Crippen molar-refractivity contribution in [3.8, 4) is 11.5 Å². The van der Waals surface area contributed by atoms with Crippen molar-refractivity contribution in [1.82, 2.24) is 10.2 Å². The van der Waals surface area contributed by atoms with E-state index in [0.29, 0.717) is 19.3 Å². The van der Waals surface area contributed by atoms with Gasteiger partial charge in [0.25, 0.3) is 0 Å². The second-order valence-electron chi connectivity index (χ2n) is 7.04. The summed E-state index contributed by atoms with van der Waals surface area (Å²) in [6.07, 6.45) is 8.07. The molecule has 1 atom stereocenters. The molecular formula is C19H26N2O3. The van der Waals surface area contributed by atoms with Gasteiger partial charge in [-0.05, 0) is 43.4 Å². The Morgan fingerprint density at radius 3 is 2.62 bits per heavy atom. The van der Waals surface area contributed by atoms with Gasteiger partial charge in [0.15, 0.2) is 11.5 Å². The van der Waals surface area contributed by atoms with Crippen LogP contribution in [-0.4, -0.2) is 36.7 Å². The Morgan fingerprint density at radius 1 is 1.00 bits per heavy atom. The standard InChI is InChI=1S/C19H26N2O3/c22-19(20-15-5-2-1-3-6-15)21-10-4-7-16(21)14-8-9-17-18(13-14)24-12-11-23-17/h8-9,13,15-16H,1-7,10-12H2,(H,20,22). The van der Waals surface area contributed by atoms with E-state index in [2.05, 4.69) is 11.4 Å². The molecule has 1 N–H and O–H groups in total. The predicted octanol–water partition coefficient (Wildman–Crippen LogP) is 3.64. The summed E-state index contributed by atoms with van der Waals surface area (Å²) in [5, 5.41) is 3.25. The van der Waals surface area contributed by atoms with Gasteiger partial charge in [-0.1, -0.05) is 25.3 Å². The van der Waals surface area contributed by atoms with Crippen molar-refractivity contribution in [2.45, 2.75) is 57.0 Å². The minimum atomic E-state index is 0.0966. The van der Waals surface area contributed by atoms with Gasteiger partial charge in [-0.2, -0.15) is 0 Å². The third kappa shape index (κ3) is 3.17. The average Bonchev–Trinajstić information content (AvgIpc) is 3.12. The van der Waals surface area contributed by atoms with E-state index in [1.807, 2.05) is 17.0 Å². The number of nitrogens with one attached hydrogen (secondary N) is 1. The topological polar surface area (TPSA) is 50.8 Å². The van der Waals surface area contributed by atoms with Crippen molar-refractivity contribution in [2.24, 2.45) is 0 Å². The molecule has 2 aliphatic heterocycles. The number of fused-ring (bicyclic) bond motifs is 1. The van der Waals surface area contributed by atoms with Crippen LogP contribution < -0.4 is 14.8 Å². The molecule has 2 fully saturated rings. The summed E-state index contributed by atoms with van der Waals surface area (Å²) in [4.78, 5) is 14.7. The number of hydrogen-bond acceptors (Lipinski definition) is 3. The molecule has 5 heteroatoms. The highest BCUT2D eigenvalue weighted by atomic mass is 16.6. The fraction of sp³-hybridized carbons (Fsp3) is 0.632. The SMILES string of the molecule is O=C(NC1CCCCC1)N1CCCC1c1ccc2c(c1)OCCO2. The minimum Gasteiger partial charge on any atom is -0.486 e. The zero-order valence-corrected chi connectivity index (χ0v) is 14.1. The second-order valence-corrected chi connectivity index (χ2v) is 7.04. The lowest BCUT2D eigenvalue weighted by Gasteiger charge is -2.30. The highest BCUT2D eigenvalue weighted by Gasteiger charge is 2.32. The van der Waals surface area contributed by atoms with Gasteiger partial charge in [-0.3, -0.25) is 0 Å². The maximum Gasteiger partial charge on any atom is 0.318 e. The number of amides is 2. The van der Waals surface area contributed by atoms with Crippen LogP contribution in [0.3, 0.4) is 0 Å². The van der Waals surface area contributed by atoms with E-state index in [1.165, 1.54) is 19.3 Å². The molecular weight excluding hydrogens is 304 g/mol. The quantitative estimate of drug-likeness (QED) is 0.901. The Labute approximate surface area is 143 Å². The van der Waals surface area contributed by atoms with Gasteiger partial charge in [0.2, 0.25) is 0 Å². The monoisotopic (exact) mass is 330 g/mol. The van der Waals surface area contributed by atoms with Crippen LogP contribution in [0.15, 0.2) is 18.2 Å². The lowest BCUT2D eigenvalue weighted by Crippen LogP contribution is -2.45. The Balaban J connectivity index is 1.47. The number of rotatable bonds is 2. The van der Waals surface area contributed by atoms with Crippen LogP contribution in [0.25, 0.3) is 0 Å². The molecule has 0 radical (unpaired) electrons. The van der Waals surface area contributed by atoms with Gasteiger partial charge in [0.1, 0.15) is 13.2 Å². The summed E-state index contributed by atoms with van der Waals surface area (Å²) in [6.45, 7) is 2.02. The van der Waals surface area contributed by atoms with Crippen LogP contribution in [0.5, 0.6) is 11.5 Å². The third-order valence-corrected chi connectivity index (χ3v) is 5.40. The van der Waals surface area contributed by atoms with E-state index >= 15 is 0 Å². The van der Waals surface area contributed by atoms with Gasteiger partial charge >= 0.3 is 6.03 Å². The molecule has 0 bridgehead atoms. The Kier molecular flexibility index (Phi) is 4.50. The number of carbonyl (C=O) groups is 1. The van der Waals surface area contributed by atoms with Gasteiger partial charge in [-0.15, -0.1) is 0 Å². The number of ether oxygens (including phenoxy) is 2. The summed E-state index contributed by atoms with van der Waals surface area (Å²) >= 11 is 0. The van der Waals surface area contributed by atoms with Gasteiger partial charge in [-0.25, -0.2) is 4.79 Å². The number of benzene rings is 1. The summed E-state index contributed by atoms with van der Waals surface area (Å²) in [5.41, 5.74) is 1.15. The van der Waals surface area contributed by atoms with Crippen LogP contribution in [0.4, 0.5) is 4.79 Å². The highest BCUT2D eigenvalue weighted by Crippen LogP contribution is 2.38. The first kappa shape index (κ1) is 15.6. The largest absolute Gasteiger partial charge is 0.486 e. The van der Waals surface area contributed by atoms with E-state index in [1.54, 1.807) is 0 Å². The lowest BCUT2D eigenvalue weighted by atomic mass is 9.96. The lowest BCUT2D eigenvalue weighted by molar-refractivity contribution is 0.170. The first-order chi connectivity index (χ1) is 11.8. The van der Waals surface area contributed by atoms with E-state index < -0.39 is 0 Å². The molecule has 0 aromatic heterocycles. The molecule has 2 amide bonds.